The fraction of sp³-hybridized carbons (Fsp3) is 0.714. The van der Waals surface area contributed by atoms with Crippen molar-refractivity contribution in [1.82, 2.24) is 9.97 Å². The zero-order chi connectivity index (χ0) is 14.8. The Morgan fingerprint density at radius 2 is 2.10 bits per heavy atom. The molecule has 6 heteroatoms. The zero-order valence-electron chi connectivity index (χ0n) is 12.5. The first kappa shape index (κ1) is 15.3. The van der Waals surface area contributed by atoms with Gasteiger partial charge in [-0.15, -0.1) is 0 Å². The van der Waals surface area contributed by atoms with Crippen LogP contribution in [0.3, 0.4) is 0 Å². The Morgan fingerprint density at radius 3 is 2.75 bits per heavy atom. The van der Waals surface area contributed by atoms with Crippen LogP contribution in [0, 0.1) is 11.3 Å². The zero-order valence-corrected chi connectivity index (χ0v) is 13.2. The van der Waals surface area contributed by atoms with Gasteiger partial charge in [-0.05, 0) is 30.6 Å². The van der Waals surface area contributed by atoms with Gasteiger partial charge >= 0.3 is 0 Å². The van der Waals surface area contributed by atoms with Gasteiger partial charge in [0.1, 0.15) is 5.02 Å². The van der Waals surface area contributed by atoms with Crippen LogP contribution in [-0.4, -0.2) is 23.1 Å². The molecule has 2 rings (SSSR count). The van der Waals surface area contributed by atoms with Crippen molar-refractivity contribution in [2.24, 2.45) is 17.2 Å². The summed E-state index contributed by atoms with van der Waals surface area (Å²) < 4.78 is 0. The molecule has 0 aliphatic carbocycles. The molecule has 1 saturated heterocycles. The van der Waals surface area contributed by atoms with Gasteiger partial charge in [-0.25, -0.2) is 10.8 Å². The van der Waals surface area contributed by atoms with Gasteiger partial charge in [-0.2, -0.15) is 4.98 Å². The van der Waals surface area contributed by atoms with Crippen LogP contribution in [0.1, 0.15) is 40.0 Å². The first-order valence-electron chi connectivity index (χ1n) is 7.16. The highest BCUT2D eigenvalue weighted by molar-refractivity contribution is 6.32. The molecule has 0 spiro atoms. The van der Waals surface area contributed by atoms with Crippen LogP contribution in [0.4, 0.5) is 11.8 Å². The Balaban J connectivity index is 2.14. The van der Waals surface area contributed by atoms with Gasteiger partial charge in [0.05, 0.1) is 6.20 Å². The van der Waals surface area contributed by atoms with Crippen molar-refractivity contribution in [3.63, 3.8) is 0 Å². The summed E-state index contributed by atoms with van der Waals surface area (Å²) in [5, 5.41) is 0.582. The SMILES string of the molecule is CC(C)(C)C1CCCN(c2nc(NN)ncc2Cl)CC1. The second kappa shape index (κ2) is 6.14. The predicted molar refractivity (Wildman–Crippen MR) is 83.9 cm³/mol. The van der Waals surface area contributed by atoms with E-state index in [2.05, 4.69) is 41.1 Å². The van der Waals surface area contributed by atoms with E-state index in [1.54, 1.807) is 6.20 Å². The number of aromatic nitrogens is 2. The molecular formula is C14H24ClN5. The Labute approximate surface area is 125 Å². The summed E-state index contributed by atoms with van der Waals surface area (Å²) >= 11 is 6.23. The fourth-order valence-electron chi connectivity index (χ4n) is 2.82. The Bertz CT molecular complexity index is 457. The lowest BCUT2D eigenvalue weighted by molar-refractivity contribution is 0.220. The van der Waals surface area contributed by atoms with Crippen molar-refractivity contribution in [2.45, 2.75) is 40.0 Å². The third kappa shape index (κ3) is 3.52. The van der Waals surface area contributed by atoms with Crippen molar-refractivity contribution in [1.29, 1.82) is 0 Å². The maximum Gasteiger partial charge on any atom is 0.239 e. The number of hydrogen-bond donors (Lipinski definition) is 2. The molecule has 0 bridgehead atoms. The van der Waals surface area contributed by atoms with E-state index in [0.29, 0.717) is 16.4 Å². The van der Waals surface area contributed by atoms with Crippen LogP contribution in [0.15, 0.2) is 6.20 Å². The van der Waals surface area contributed by atoms with Crippen molar-refractivity contribution in [2.75, 3.05) is 23.4 Å². The van der Waals surface area contributed by atoms with E-state index in [-0.39, 0.29) is 0 Å². The number of halogens is 1. The third-order valence-electron chi connectivity index (χ3n) is 4.11. The highest BCUT2D eigenvalue weighted by Crippen LogP contribution is 2.36. The minimum atomic E-state index is 0.357. The average Bonchev–Trinajstić information content (AvgIpc) is 2.64. The number of nitrogens with zero attached hydrogens (tertiary/aromatic N) is 3. The van der Waals surface area contributed by atoms with Crippen LogP contribution >= 0.6 is 11.6 Å². The van der Waals surface area contributed by atoms with Gasteiger partial charge in [-0.1, -0.05) is 32.4 Å². The molecule has 0 radical (unpaired) electrons. The largest absolute Gasteiger partial charge is 0.355 e. The summed E-state index contributed by atoms with van der Waals surface area (Å²) in [5.74, 6) is 7.29. The number of hydrazine groups is 1. The number of anilines is 2. The van der Waals surface area contributed by atoms with Crippen molar-refractivity contribution in [3.8, 4) is 0 Å². The standard InChI is InChI=1S/C14H24ClN5/c1-14(2,3)10-5-4-7-20(8-6-10)12-11(15)9-17-13(18-12)19-16/h9-10H,4-8,16H2,1-3H3,(H,17,18,19). The van der Waals surface area contributed by atoms with Crippen LogP contribution < -0.4 is 16.2 Å². The predicted octanol–water partition coefficient (Wildman–Crippen LogP) is 3.07. The van der Waals surface area contributed by atoms with E-state index in [1.807, 2.05) is 0 Å². The number of nitrogens with two attached hydrogens (primary N) is 1. The Hall–Kier alpha value is -1.07. The summed E-state index contributed by atoms with van der Waals surface area (Å²) in [7, 11) is 0. The van der Waals surface area contributed by atoms with Gasteiger partial charge < -0.3 is 4.90 Å². The van der Waals surface area contributed by atoms with Gasteiger partial charge in [0.25, 0.3) is 0 Å². The van der Waals surface area contributed by atoms with Gasteiger partial charge in [-0.3, -0.25) is 5.43 Å². The van der Waals surface area contributed by atoms with E-state index in [1.165, 1.54) is 6.42 Å². The van der Waals surface area contributed by atoms with E-state index in [0.717, 1.165) is 37.7 Å². The molecule has 3 N–H and O–H groups in total. The van der Waals surface area contributed by atoms with Crippen LogP contribution in [0.2, 0.25) is 5.02 Å². The summed E-state index contributed by atoms with van der Waals surface area (Å²) in [6, 6.07) is 0. The number of hydrogen-bond acceptors (Lipinski definition) is 5. The van der Waals surface area contributed by atoms with Gasteiger partial charge in [0.2, 0.25) is 5.95 Å². The molecule has 0 aromatic carbocycles. The lowest BCUT2D eigenvalue weighted by Gasteiger charge is -2.30. The lowest BCUT2D eigenvalue weighted by atomic mass is 9.77. The van der Waals surface area contributed by atoms with Gasteiger partial charge in [0, 0.05) is 13.1 Å². The minimum Gasteiger partial charge on any atom is -0.355 e. The molecule has 1 aliphatic rings. The molecule has 20 heavy (non-hydrogen) atoms. The molecule has 1 aromatic rings. The highest BCUT2D eigenvalue weighted by Gasteiger charge is 2.28. The summed E-state index contributed by atoms with van der Waals surface area (Å²) in [6.45, 7) is 8.92. The second-order valence-corrected chi connectivity index (χ2v) is 6.90. The topological polar surface area (TPSA) is 67.1 Å². The quantitative estimate of drug-likeness (QED) is 0.649. The average molecular weight is 298 g/mol. The molecule has 1 fully saturated rings. The van der Waals surface area contributed by atoms with Crippen molar-refractivity contribution < 1.29 is 0 Å². The van der Waals surface area contributed by atoms with E-state index >= 15 is 0 Å². The van der Waals surface area contributed by atoms with E-state index < -0.39 is 0 Å². The molecule has 1 aliphatic heterocycles. The maximum atomic E-state index is 6.23. The van der Waals surface area contributed by atoms with Gasteiger partial charge in [0.15, 0.2) is 5.82 Å². The van der Waals surface area contributed by atoms with Crippen LogP contribution in [0.25, 0.3) is 0 Å². The molecule has 0 amide bonds. The van der Waals surface area contributed by atoms with Crippen molar-refractivity contribution in [3.05, 3.63) is 11.2 Å². The molecule has 112 valence electrons. The Morgan fingerprint density at radius 1 is 1.35 bits per heavy atom. The molecule has 1 unspecified atom stereocenters. The molecule has 1 atom stereocenters. The summed E-state index contributed by atoms with van der Waals surface area (Å²) in [4.78, 5) is 10.7. The van der Waals surface area contributed by atoms with Crippen molar-refractivity contribution >= 4 is 23.4 Å². The second-order valence-electron chi connectivity index (χ2n) is 6.49. The lowest BCUT2D eigenvalue weighted by Crippen LogP contribution is -2.27. The molecular weight excluding hydrogens is 274 g/mol. The van der Waals surface area contributed by atoms with E-state index in [4.69, 9.17) is 17.4 Å². The number of nitrogen functional groups attached to an aromatic ring is 1. The molecule has 1 aromatic heterocycles. The maximum absolute atomic E-state index is 6.23. The normalized spacial score (nSPS) is 20.6. The number of nitrogens with one attached hydrogen (secondary N) is 1. The monoisotopic (exact) mass is 297 g/mol. The first-order chi connectivity index (χ1) is 9.41. The minimum absolute atomic E-state index is 0.357. The molecule has 2 heterocycles. The molecule has 0 saturated carbocycles. The van der Waals surface area contributed by atoms with E-state index in [9.17, 15) is 0 Å². The number of rotatable bonds is 2. The Kier molecular flexibility index (Phi) is 4.70. The smallest absolute Gasteiger partial charge is 0.239 e. The third-order valence-corrected chi connectivity index (χ3v) is 4.37. The highest BCUT2D eigenvalue weighted by atomic mass is 35.5. The first-order valence-corrected chi connectivity index (χ1v) is 7.53. The fourth-order valence-corrected chi connectivity index (χ4v) is 3.03. The van der Waals surface area contributed by atoms with Crippen LogP contribution in [0.5, 0.6) is 0 Å². The molecule has 5 nitrogen and oxygen atoms in total. The summed E-state index contributed by atoms with van der Waals surface area (Å²) in [6.07, 6.45) is 5.18. The van der Waals surface area contributed by atoms with Crippen LogP contribution in [-0.2, 0) is 0 Å². The summed E-state index contributed by atoms with van der Waals surface area (Å²) in [5.41, 5.74) is 2.83.